The molecule has 0 saturated heterocycles. The summed E-state index contributed by atoms with van der Waals surface area (Å²) in [5, 5.41) is 9.41. The summed E-state index contributed by atoms with van der Waals surface area (Å²) in [5.41, 5.74) is 1.65. The molecule has 0 fully saturated rings. The zero-order chi connectivity index (χ0) is 15.2. The Kier molecular flexibility index (Phi) is 4.81. The first-order valence-corrected chi connectivity index (χ1v) is 6.52. The van der Waals surface area contributed by atoms with E-state index in [1.807, 2.05) is 6.07 Å². The number of esters is 1. The summed E-state index contributed by atoms with van der Waals surface area (Å²) >= 11 is 5.93. The van der Waals surface area contributed by atoms with Crippen LogP contribution in [-0.4, -0.2) is 13.1 Å². The highest BCUT2D eigenvalue weighted by atomic mass is 35.5. The molecule has 5 heteroatoms. The number of carbonyl (C=O) groups is 1. The third kappa shape index (κ3) is 3.53. The molecule has 0 unspecified atom stereocenters. The second-order valence-corrected chi connectivity index (χ2v) is 4.61. The number of nitriles is 1. The van der Waals surface area contributed by atoms with Gasteiger partial charge in [-0.25, -0.2) is 4.79 Å². The lowest BCUT2D eigenvalue weighted by molar-refractivity contribution is 0.0600. The number of ether oxygens (including phenoxy) is 2. The van der Waals surface area contributed by atoms with Crippen LogP contribution in [0.4, 0.5) is 0 Å². The van der Waals surface area contributed by atoms with E-state index >= 15 is 0 Å². The summed E-state index contributed by atoms with van der Waals surface area (Å²) in [5.74, 6) is 0.0473. The van der Waals surface area contributed by atoms with Gasteiger partial charge in [-0.1, -0.05) is 29.8 Å². The molecule has 0 aliphatic carbocycles. The number of carbonyl (C=O) groups excluding carboxylic acids is 1. The number of rotatable bonds is 4. The number of methoxy groups -OCH3 is 1. The van der Waals surface area contributed by atoms with Gasteiger partial charge in [0, 0.05) is 0 Å². The maximum Gasteiger partial charge on any atom is 0.337 e. The molecule has 0 N–H and O–H groups in total. The molecule has 0 radical (unpaired) electrons. The molecule has 2 rings (SSSR count). The van der Waals surface area contributed by atoms with Gasteiger partial charge in [0.1, 0.15) is 24.0 Å². The Morgan fingerprint density at radius 1 is 1.24 bits per heavy atom. The Balaban J connectivity index is 2.09. The first kappa shape index (κ1) is 14.9. The van der Waals surface area contributed by atoms with E-state index in [1.54, 1.807) is 42.5 Å². The second kappa shape index (κ2) is 6.78. The van der Waals surface area contributed by atoms with Crippen LogP contribution in [0.1, 0.15) is 21.5 Å². The number of benzene rings is 2. The van der Waals surface area contributed by atoms with Gasteiger partial charge in [0.15, 0.2) is 0 Å². The van der Waals surface area contributed by atoms with Crippen LogP contribution in [0.2, 0.25) is 5.02 Å². The van der Waals surface area contributed by atoms with Crippen molar-refractivity contribution in [3.63, 3.8) is 0 Å². The Bertz CT molecular complexity index is 690. The third-order valence-electron chi connectivity index (χ3n) is 2.86. The van der Waals surface area contributed by atoms with Crippen LogP contribution in [0, 0.1) is 11.3 Å². The molecule has 0 bridgehead atoms. The summed E-state index contributed by atoms with van der Waals surface area (Å²) < 4.78 is 10.2. The zero-order valence-corrected chi connectivity index (χ0v) is 12.1. The largest absolute Gasteiger partial charge is 0.487 e. The lowest BCUT2D eigenvalue weighted by Gasteiger charge is -2.09. The predicted octanol–water partition coefficient (Wildman–Crippen LogP) is 3.58. The Morgan fingerprint density at radius 3 is 2.57 bits per heavy atom. The van der Waals surface area contributed by atoms with Gasteiger partial charge in [-0.05, 0) is 29.8 Å². The predicted molar refractivity (Wildman–Crippen MR) is 78.3 cm³/mol. The smallest absolute Gasteiger partial charge is 0.337 e. The second-order valence-electron chi connectivity index (χ2n) is 4.20. The highest BCUT2D eigenvalue weighted by molar-refractivity contribution is 6.31. The van der Waals surface area contributed by atoms with E-state index in [4.69, 9.17) is 21.6 Å². The number of hydrogen-bond acceptors (Lipinski definition) is 4. The van der Waals surface area contributed by atoms with Crippen molar-refractivity contribution in [1.82, 2.24) is 0 Å². The molecule has 2 aromatic rings. The Morgan fingerprint density at radius 2 is 1.95 bits per heavy atom. The van der Waals surface area contributed by atoms with Gasteiger partial charge in [-0.2, -0.15) is 5.26 Å². The van der Waals surface area contributed by atoms with Gasteiger partial charge >= 0.3 is 5.97 Å². The highest BCUT2D eigenvalue weighted by Gasteiger charge is 2.08. The Labute approximate surface area is 127 Å². The van der Waals surface area contributed by atoms with Gasteiger partial charge < -0.3 is 9.47 Å². The average molecular weight is 302 g/mol. The normalized spacial score (nSPS) is 9.76. The fourth-order valence-electron chi connectivity index (χ4n) is 1.75. The first-order valence-electron chi connectivity index (χ1n) is 6.14. The van der Waals surface area contributed by atoms with Crippen LogP contribution >= 0.6 is 11.6 Å². The number of hydrogen-bond donors (Lipinski definition) is 0. The minimum absolute atomic E-state index is 0.274. The van der Waals surface area contributed by atoms with Crippen molar-refractivity contribution in [1.29, 1.82) is 5.26 Å². The molecule has 0 heterocycles. The van der Waals surface area contributed by atoms with Crippen molar-refractivity contribution >= 4 is 17.6 Å². The summed E-state index contributed by atoms with van der Waals surface area (Å²) in [6, 6.07) is 13.9. The van der Waals surface area contributed by atoms with Crippen LogP contribution in [-0.2, 0) is 11.3 Å². The molecule has 4 nitrogen and oxygen atoms in total. The maximum atomic E-state index is 11.3. The summed E-state index contributed by atoms with van der Waals surface area (Å²) in [7, 11) is 1.34. The van der Waals surface area contributed by atoms with Crippen molar-refractivity contribution in [3.8, 4) is 11.8 Å². The fraction of sp³-hybridized carbons (Fsp3) is 0.125. The molecular formula is C16H12ClNO3. The third-order valence-corrected chi connectivity index (χ3v) is 3.17. The van der Waals surface area contributed by atoms with E-state index in [1.165, 1.54) is 7.11 Å². The molecule has 0 aliphatic heterocycles. The van der Waals surface area contributed by atoms with Crippen molar-refractivity contribution < 1.29 is 14.3 Å². The van der Waals surface area contributed by atoms with Crippen LogP contribution in [0.5, 0.6) is 5.75 Å². The molecule has 106 valence electrons. The van der Waals surface area contributed by atoms with Crippen molar-refractivity contribution in [2.45, 2.75) is 6.61 Å². The van der Waals surface area contributed by atoms with E-state index in [-0.39, 0.29) is 12.6 Å². The lowest BCUT2D eigenvalue weighted by Crippen LogP contribution is -2.02. The number of halogens is 1. The van der Waals surface area contributed by atoms with Gasteiger partial charge in [-0.15, -0.1) is 0 Å². The van der Waals surface area contributed by atoms with E-state index in [0.29, 0.717) is 21.9 Å². The van der Waals surface area contributed by atoms with Crippen LogP contribution in [0.3, 0.4) is 0 Å². The first-order chi connectivity index (χ1) is 10.2. The SMILES string of the molecule is COC(=O)c1ccc(COc2cccc(Cl)c2C#N)cc1. The van der Waals surface area contributed by atoms with Gasteiger partial charge in [0.2, 0.25) is 0 Å². The molecule has 0 aliphatic rings. The van der Waals surface area contributed by atoms with E-state index in [9.17, 15) is 4.79 Å². The average Bonchev–Trinajstić information content (AvgIpc) is 2.52. The molecule has 0 saturated carbocycles. The molecular weight excluding hydrogens is 290 g/mol. The van der Waals surface area contributed by atoms with E-state index in [0.717, 1.165) is 5.56 Å². The molecule has 0 amide bonds. The molecule has 21 heavy (non-hydrogen) atoms. The van der Waals surface area contributed by atoms with Crippen LogP contribution in [0.25, 0.3) is 0 Å². The van der Waals surface area contributed by atoms with Gasteiger partial charge in [-0.3, -0.25) is 0 Å². The molecule has 2 aromatic carbocycles. The molecule has 0 aromatic heterocycles. The molecule has 0 atom stereocenters. The lowest BCUT2D eigenvalue weighted by atomic mass is 10.1. The van der Waals surface area contributed by atoms with Crippen LogP contribution in [0.15, 0.2) is 42.5 Å². The van der Waals surface area contributed by atoms with Crippen molar-refractivity contribution in [3.05, 3.63) is 64.2 Å². The number of nitrogens with zero attached hydrogens (tertiary/aromatic N) is 1. The van der Waals surface area contributed by atoms with Gasteiger partial charge in [0.05, 0.1) is 17.7 Å². The zero-order valence-electron chi connectivity index (χ0n) is 11.3. The van der Waals surface area contributed by atoms with Crippen molar-refractivity contribution in [2.75, 3.05) is 7.11 Å². The summed E-state index contributed by atoms with van der Waals surface area (Å²) in [6.07, 6.45) is 0. The minimum atomic E-state index is -0.385. The summed E-state index contributed by atoms with van der Waals surface area (Å²) in [6.45, 7) is 0.274. The fourth-order valence-corrected chi connectivity index (χ4v) is 1.96. The van der Waals surface area contributed by atoms with Crippen molar-refractivity contribution in [2.24, 2.45) is 0 Å². The summed E-state index contributed by atoms with van der Waals surface area (Å²) in [4.78, 5) is 11.3. The maximum absolute atomic E-state index is 11.3. The monoisotopic (exact) mass is 301 g/mol. The quantitative estimate of drug-likeness (QED) is 0.810. The highest BCUT2D eigenvalue weighted by Crippen LogP contribution is 2.26. The standard InChI is InChI=1S/C16H12ClNO3/c1-20-16(19)12-7-5-11(6-8-12)10-21-15-4-2-3-14(17)13(15)9-18/h2-8H,10H2,1H3. The molecule has 0 spiro atoms. The van der Waals surface area contributed by atoms with Crippen LogP contribution < -0.4 is 4.74 Å². The van der Waals surface area contributed by atoms with Gasteiger partial charge in [0.25, 0.3) is 0 Å². The van der Waals surface area contributed by atoms with E-state index in [2.05, 4.69) is 4.74 Å². The minimum Gasteiger partial charge on any atom is -0.487 e. The van der Waals surface area contributed by atoms with E-state index < -0.39 is 0 Å². The Hall–Kier alpha value is -2.51. The topological polar surface area (TPSA) is 59.3 Å².